The number of rotatable bonds is 2. The van der Waals surface area contributed by atoms with Crippen LogP contribution in [0.15, 0.2) is 60.8 Å². The van der Waals surface area contributed by atoms with E-state index in [0.717, 1.165) is 0 Å². The van der Waals surface area contributed by atoms with E-state index in [2.05, 4.69) is 77.3 Å². The van der Waals surface area contributed by atoms with Crippen molar-refractivity contribution in [3.8, 4) is 11.3 Å². The van der Waals surface area contributed by atoms with E-state index >= 15 is 0 Å². The Hall–Kier alpha value is -2.06. The highest BCUT2D eigenvalue weighted by molar-refractivity contribution is 5.95. The predicted molar refractivity (Wildman–Crippen MR) is 96.6 cm³/mol. The normalized spacial score (nSPS) is 14.5. The Kier molecular flexibility index (Phi) is 5.06. The maximum Gasteiger partial charge on any atom is 0.214 e. The highest BCUT2D eigenvalue weighted by Crippen LogP contribution is 2.29. The minimum absolute atomic E-state index is 0. The Balaban J connectivity index is 0.00000169. The predicted octanol–water partition coefficient (Wildman–Crippen LogP) is 1.33. The van der Waals surface area contributed by atoms with E-state index < -0.39 is 0 Å². The van der Waals surface area contributed by atoms with Crippen LogP contribution in [0.2, 0.25) is 0 Å². The lowest BCUT2D eigenvalue weighted by molar-refractivity contribution is -0.660. The molecule has 4 rings (SSSR count). The second-order valence-corrected chi connectivity index (χ2v) is 6.46. The zero-order chi connectivity index (χ0) is 15.6. The van der Waals surface area contributed by atoms with Gasteiger partial charge in [-0.3, -0.25) is 0 Å². The first-order chi connectivity index (χ1) is 11.3. The number of aromatic nitrogens is 1. The SMILES string of the molecule is C[n+]1ccc(N2CCCCC2)cc1-c1cccc2ccccc12.[Cl-]. The van der Waals surface area contributed by atoms with E-state index in [9.17, 15) is 0 Å². The Morgan fingerprint density at radius 1 is 0.875 bits per heavy atom. The summed E-state index contributed by atoms with van der Waals surface area (Å²) in [6.07, 6.45) is 6.18. The van der Waals surface area contributed by atoms with Crippen LogP contribution in [0.3, 0.4) is 0 Å². The topological polar surface area (TPSA) is 7.12 Å². The molecular formula is C21H23ClN2. The van der Waals surface area contributed by atoms with Crippen molar-refractivity contribution in [3.63, 3.8) is 0 Å². The van der Waals surface area contributed by atoms with Gasteiger partial charge in [-0.05, 0) is 36.1 Å². The second-order valence-electron chi connectivity index (χ2n) is 6.46. The Morgan fingerprint density at radius 3 is 2.46 bits per heavy atom. The van der Waals surface area contributed by atoms with Gasteiger partial charge in [0.1, 0.15) is 7.05 Å². The van der Waals surface area contributed by atoms with Crippen LogP contribution in [0.25, 0.3) is 22.0 Å². The van der Waals surface area contributed by atoms with Gasteiger partial charge in [-0.25, -0.2) is 4.57 Å². The Bertz CT molecular complexity index is 833. The fourth-order valence-electron chi connectivity index (χ4n) is 3.62. The molecule has 0 saturated carbocycles. The van der Waals surface area contributed by atoms with Crippen molar-refractivity contribution in [1.29, 1.82) is 0 Å². The van der Waals surface area contributed by atoms with Gasteiger partial charge in [0, 0.05) is 30.9 Å². The molecule has 0 unspecified atom stereocenters. The molecule has 124 valence electrons. The molecule has 0 amide bonds. The third kappa shape index (κ3) is 3.11. The highest BCUT2D eigenvalue weighted by atomic mass is 35.5. The number of piperidine rings is 1. The van der Waals surface area contributed by atoms with Crippen LogP contribution in [0.4, 0.5) is 5.69 Å². The van der Waals surface area contributed by atoms with E-state index in [0.29, 0.717) is 0 Å². The third-order valence-corrected chi connectivity index (χ3v) is 4.92. The fourth-order valence-corrected chi connectivity index (χ4v) is 3.62. The standard InChI is InChI=1S/C21H23N2.ClH/c1-22-15-12-18(23-13-5-2-6-14-23)16-21(22)20-11-7-9-17-8-3-4-10-19(17)20;/h3-4,7-12,15-16H,2,5-6,13-14H2,1H3;1H/q+1;/p-1. The number of halogens is 1. The van der Waals surface area contributed by atoms with Crippen molar-refractivity contribution >= 4 is 16.5 Å². The van der Waals surface area contributed by atoms with E-state index in [-0.39, 0.29) is 12.4 Å². The van der Waals surface area contributed by atoms with Crippen molar-refractivity contribution in [1.82, 2.24) is 0 Å². The minimum atomic E-state index is 0. The van der Waals surface area contributed by atoms with E-state index in [1.807, 2.05) is 0 Å². The minimum Gasteiger partial charge on any atom is -1.00 e. The van der Waals surface area contributed by atoms with Gasteiger partial charge in [0.15, 0.2) is 6.20 Å². The van der Waals surface area contributed by atoms with E-state index in [4.69, 9.17) is 0 Å². The molecule has 0 radical (unpaired) electrons. The molecule has 24 heavy (non-hydrogen) atoms. The molecule has 1 fully saturated rings. The number of anilines is 1. The molecule has 2 aromatic carbocycles. The van der Waals surface area contributed by atoms with Gasteiger partial charge in [-0.15, -0.1) is 0 Å². The van der Waals surface area contributed by atoms with Gasteiger partial charge in [0.05, 0.1) is 5.56 Å². The number of pyridine rings is 1. The third-order valence-electron chi connectivity index (χ3n) is 4.92. The van der Waals surface area contributed by atoms with Crippen molar-refractivity contribution < 1.29 is 17.0 Å². The summed E-state index contributed by atoms with van der Waals surface area (Å²) in [5, 5.41) is 2.62. The first-order valence-corrected chi connectivity index (χ1v) is 8.56. The monoisotopic (exact) mass is 338 g/mol. The maximum absolute atomic E-state index is 2.53. The summed E-state index contributed by atoms with van der Waals surface area (Å²) in [7, 11) is 2.14. The molecule has 0 aliphatic carbocycles. The van der Waals surface area contributed by atoms with Gasteiger partial charge >= 0.3 is 0 Å². The lowest BCUT2D eigenvalue weighted by Gasteiger charge is -2.28. The molecule has 2 nitrogen and oxygen atoms in total. The van der Waals surface area contributed by atoms with Crippen LogP contribution in [0.1, 0.15) is 19.3 Å². The van der Waals surface area contributed by atoms with Crippen LogP contribution in [-0.4, -0.2) is 13.1 Å². The van der Waals surface area contributed by atoms with Gasteiger partial charge in [-0.1, -0.05) is 36.4 Å². The number of benzene rings is 2. The number of aryl methyl sites for hydroxylation is 1. The molecule has 0 bridgehead atoms. The molecule has 3 aromatic rings. The molecule has 1 saturated heterocycles. The van der Waals surface area contributed by atoms with Gasteiger partial charge in [-0.2, -0.15) is 0 Å². The smallest absolute Gasteiger partial charge is 0.214 e. The maximum atomic E-state index is 2.53. The summed E-state index contributed by atoms with van der Waals surface area (Å²) in [6.45, 7) is 2.37. The fraction of sp³-hybridized carbons (Fsp3) is 0.286. The number of hydrogen-bond acceptors (Lipinski definition) is 1. The Labute approximate surface area is 150 Å². The lowest BCUT2D eigenvalue weighted by atomic mass is 10.0. The van der Waals surface area contributed by atoms with Crippen molar-refractivity contribution in [2.75, 3.05) is 18.0 Å². The number of nitrogens with zero attached hydrogens (tertiary/aromatic N) is 2. The van der Waals surface area contributed by atoms with Crippen LogP contribution >= 0.6 is 0 Å². The zero-order valence-corrected chi connectivity index (χ0v) is 14.8. The highest BCUT2D eigenvalue weighted by Gasteiger charge is 2.17. The largest absolute Gasteiger partial charge is 1.00 e. The summed E-state index contributed by atoms with van der Waals surface area (Å²) in [4.78, 5) is 2.53. The molecule has 0 atom stereocenters. The van der Waals surface area contributed by atoms with E-state index in [1.54, 1.807) is 0 Å². The zero-order valence-electron chi connectivity index (χ0n) is 14.1. The first kappa shape index (κ1) is 16.8. The molecule has 1 aliphatic rings. The first-order valence-electron chi connectivity index (χ1n) is 8.56. The molecular weight excluding hydrogens is 316 g/mol. The summed E-state index contributed by atoms with van der Waals surface area (Å²) < 4.78 is 2.23. The lowest BCUT2D eigenvalue weighted by Crippen LogP contribution is -3.00. The Morgan fingerprint density at radius 2 is 1.62 bits per heavy atom. The van der Waals surface area contributed by atoms with Crippen LogP contribution in [0, 0.1) is 0 Å². The summed E-state index contributed by atoms with van der Waals surface area (Å²) in [5.41, 5.74) is 3.94. The summed E-state index contributed by atoms with van der Waals surface area (Å²) >= 11 is 0. The van der Waals surface area contributed by atoms with Gasteiger partial charge < -0.3 is 17.3 Å². The van der Waals surface area contributed by atoms with Gasteiger partial charge in [0.2, 0.25) is 5.69 Å². The van der Waals surface area contributed by atoms with Crippen molar-refractivity contribution in [2.24, 2.45) is 7.05 Å². The quantitative estimate of drug-likeness (QED) is 0.639. The van der Waals surface area contributed by atoms with Crippen LogP contribution in [-0.2, 0) is 7.05 Å². The number of hydrogen-bond donors (Lipinski definition) is 0. The molecule has 1 aromatic heterocycles. The average molecular weight is 339 g/mol. The second kappa shape index (κ2) is 7.23. The van der Waals surface area contributed by atoms with Gasteiger partial charge in [0.25, 0.3) is 0 Å². The molecule has 0 N–H and O–H groups in total. The van der Waals surface area contributed by atoms with Crippen LogP contribution in [0.5, 0.6) is 0 Å². The summed E-state index contributed by atoms with van der Waals surface area (Å²) in [5.74, 6) is 0. The molecule has 3 heteroatoms. The molecule has 2 heterocycles. The average Bonchev–Trinajstić information content (AvgIpc) is 2.62. The summed E-state index contributed by atoms with van der Waals surface area (Å²) in [6, 6.07) is 19.8. The van der Waals surface area contributed by atoms with Crippen molar-refractivity contribution in [3.05, 3.63) is 60.8 Å². The molecule has 0 spiro atoms. The van der Waals surface area contributed by atoms with Crippen LogP contribution < -0.4 is 21.9 Å². The molecule has 1 aliphatic heterocycles. The van der Waals surface area contributed by atoms with Crippen molar-refractivity contribution in [2.45, 2.75) is 19.3 Å². The van der Waals surface area contributed by atoms with E-state index in [1.165, 1.54) is 60.1 Å². The number of fused-ring (bicyclic) bond motifs is 1.